The van der Waals surface area contributed by atoms with Crippen LogP contribution >= 0.6 is 0 Å². The number of benzene rings is 1. The number of hydrogen-bond donors (Lipinski definition) is 2. The van der Waals surface area contributed by atoms with E-state index in [-0.39, 0.29) is 5.91 Å². The van der Waals surface area contributed by atoms with Crippen molar-refractivity contribution in [2.24, 2.45) is 0 Å². The fourth-order valence-electron chi connectivity index (χ4n) is 1.92. The standard InChI is InChI=1S/C12H13NO4/c1-17-8-3-4-9-7(6-8)2-5-10(12(15)16)13-11(9)14/h3-4,6,10H,2,5H2,1H3,(H,13,14)(H,15,16). The van der Waals surface area contributed by atoms with Crippen LogP contribution in [0.5, 0.6) is 5.75 Å². The Morgan fingerprint density at radius 2 is 2.29 bits per heavy atom. The lowest BCUT2D eigenvalue weighted by molar-refractivity contribution is -0.139. The molecule has 1 aliphatic heterocycles. The number of ether oxygens (including phenoxy) is 1. The summed E-state index contributed by atoms with van der Waals surface area (Å²) >= 11 is 0. The van der Waals surface area contributed by atoms with Crippen molar-refractivity contribution < 1.29 is 19.4 Å². The zero-order valence-corrected chi connectivity index (χ0v) is 9.40. The minimum absolute atomic E-state index is 0.340. The molecular formula is C12H13NO4. The lowest BCUT2D eigenvalue weighted by Crippen LogP contribution is -2.39. The maximum Gasteiger partial charge on any atom is 0.326 e. The fourth-order valence-corrected chi connectivity index (χ4v) is 1.92. The first-order valence-corrected chi connectivity index (χ1v) is 5.32. The van der Waals surface area contributed by atoms with Crippen molar-refractivity contribution in [1.82, 2.24) is 5.32 Å². The van der Waals surface area contributed by atoms with Crippen LogP contribution in [0.3, 0.4) is 0 Å². The summed E-state index contributed by atoms with van der Waals surface area (Å²) in [6.45, 7) is 0. The molecule has 1 aromatic rings. The number of carboxylic acids is 1. The summed E-state index contributed by atoms with van der Waals surface area (Å²) in [6, 6.07) is 4.31. The number of carboxylic acid groups (broad SMARTS) is 1. The number of carbonyl (C=O) groups is 2. The third-order valence-corrected chi connectivity index (χ3v) is 2.86. The molecule has 17 heavy (non-hydrogen) atoms. The number of aryl methyl sites for hydroxylation is 1. The second kappa shape index (κ2) is 4.45. The topological polar surface area (TPSA) is 75.6 Å². The molecule has 0 saturated carbocycles. The van der Waals surface area contributed by atoms with Crippen molar-refractivity contribution in [3.63, 3.8) is 0 Å². The molecule has 0 bridgehead atoms. The van der Waals surface area contributed by atoms with Crippen molar-refractivity contribution in [2.75, 3.05) is 7.11 Å². The van der Waals surface area contributed by atoms with Gasteiger partial charge in [-0.2, -0.15) is 0 Å². The number of methoxy groups -OCH3 is 1. The zero-order chi connectivity index (χ0) is 12.4. The molecule has 0 aliphatic carbocycles. The van der Waals surface area contributed by atoms with Crippen LogP contribution < -0.4 is 10.1 Å². The van der Waals surface area contributed by atoms with Gasteiger partial charge in [-0.15, -0.1) is 0 Å². The van der Waals surface area contributed by atoms with Gasteiger partial charge >= 0.3 is 5.97 Å². The molecule has 2 rings (SSSR count). The molecule has 1 atom stereocenters. The molecule has 1 aromatic carbocycles. The summed E-state index contributed by atoms with van der Waals surface area (Å²) < 4.78 is 5.08. The highest BCUT2D eigenvalue weighted by Gasteiger charge is 2.26. The molecule has 90 valence electrons. The lowest BCUT2D eigenvalue weighted by Gasteiger charge is -2.09. The van der Waals surface area contributed by atoms with Gasteiger partial charge in [-0.05, 0) is 36.6 Å². The van der Waals surface area contributed by atoms with Crippen LogP contribution in [0.2, 0.25) is 0 Å². The quantitative estimate of drug-likeness (QED) is 0.796. The summed E-state index contributed by atoms with van der Waals surface area (Å²) in [5, 5.41) is 11.4. The van der Waals surface area contributed by atoms with Crippen molar-refractivity contribution in [3.8, 4) is 5.75 Å². The van der Waals surface area contributed by atoms with Crippen LogP contribution in [0.4, 0.5) is 0 Å². The normalized spacial score (nSPS) is 18.9. The SMILES string of the molecule is COc1ccc2c(c1)CCC(C(=O)O)NC2=O. The van der Waals surface area contributed by atoms with Crippen LogP contribution in [-0.4, -0.2) is 30.1 Å². The van der Waals surface area contributed by atoms with Crippen LogP contribution in [0.1, 0.15) is 22.3 Å². The van der Waals surface area contributed by atoms with Crippen molar-refractivity contribution >= 4 is 11.9 Å². The van der Waals surface area contributed by atoms with E-state index in [1.54, 1.807) is 25.3 Å². The van der Waals surface area contributed by atoms with E-state index in [2.05, 4.69) is 5.32 Å². The van der Waals surface area contributed by atoms with Crippen LogP contribution in [0.15, 0.2) is 18.2 Å². The van der Waals surface area contributed by atoms with E-state index < -0.39 is 12.0 Å². The van der Waals surface area contributed by atoms with Crippen molar-refractivity contribution in [1.29, 1.82) is 0 Å². The van der Waals surface area contributed by atoms with Gasteiger partial charge in [0, 0.05) is 5.56 Å². The maximum absolute atomic E-state index is 11.8. The molecular weight excluding hydrogens is 222 g/mol. The van der Waals surface area contributed by atoms with E-state index >= 15 is 0 Å². The van der Waals surface area contributed by atoms with E-state index in [1.165, 1.54) is 0 Å². The van der Waals surface area contributed by atoms with Crippen LogP contribution in [-0.2, 0) is 11.2 Å². The Morgan fingerprint density at radius 3 is 2.94 bits per heavy atom. The largest absolute Gasteiger partial charge is 0.497 e. The Labute approximate surface area is 98.4 Å². The van der Waals surface area contributed by atoms with E-state index in [4.69, 9.17) is 9.84 Å². The third-order valence-electron chi connectivity index (χ3n) is 2.86. The van der Waals surface area contributed by atoms with Gasteiger partial charge < -0.3 is 15.2 Å². The summed E-state index contributed by atoms with van der Waals surface area (Å²) in [7, 11) is 1.55. The second-order valence-electron chi connectivity index (χ2n) is 3.93. The van der Waals surface area contributed by atoms with Crippen molar-refractivity contribution in [3.05, 3.63) is 29.3 Å². The predicted molar refractivity (Wildman–Crippen MR) is 60.2 cm³/mol. The Balaban J connectivity index is 2.33. The molecule has 0 aromatic heterocycles. The zero-order valence-electron chi connectivity index (χ0n) is 9.40. The third kappa shape index (κ3) is 2.22. The second-order valence-corrected chi connectivity index (χ2v) is 3.93. The minimum Gasteiger partial charge on any atom is -0.497 e. The van der Waals surface area contributed by atoms with Gasteiger partial charge in [0.05, 0.1) is 7.11 Å². The van der Waals surface area contributed by atoms with Gasteiger partial charge in [0.2, 0.25) is 0 Å². The molecule has 1 amide bonds. The number of fused-ring (bicyclic) bond motifs is 1. The average Bonchev–Trinajstić information content (AvgIpc) is 2.48. The molecule has 1 aliphatic rings. The molecule has 0 saturated heterocycles. The first kappa shape index (κ1) is 11.4. The Kier molecular flexibility index (Phi) is 2.99. The Morgan fingerprint density at radius 1 is 1.53 bits per heavy atom. The Bertz CT molecular complexity index is 470. The minimum atomic E-state index is -1.00. The molecule has 2 N–H and O–H groups in total. The maximum atomic E-state index is 11.8. The van der Waals surface area contributed by atoms with E-state index in [9.17, 15) is 9.59 Å². The number of nitrogens with one attached hydrogen (secondary N) is 1. The smallest absolute Gasteiger partial charge is 0.326 e. The van der Waals surface area contributed by atoms with Crippen LogP contribution in [0, 0.1) is 0 Å². The number of amides is 1. The predicted octanol–water partition coefficient (Wildman–Crippen LogP) is 0.824. The first-order valence-electron chi connectivity index (χ1n) is 5.32. The van der Waals surface area contributed by atoms with Gasteiger partial charge in [0.15, 0.2) is 0 Å². The molecule has 5 nitrogen and oxygen atoms in total. The summed E-state index contributed by atoms with van der Waals surface area (Å²) in [4.78, 5) is 22.7. The molecule has 0 spiro atoms. The average molecular weight is 235 g/mol. The highest BCUT2D eigenvalue weighted by atomic mass is 16.5. The number of rotatable bonds is 2. The van der Waals surface area contributed by atoms with Gasteiger partial charge in [0.25, 0.3) is 5.91 Å². The van der Waals surface area contributed by atoms with Crippen LogP contribution in [0.25, 0.3) is 0 Å². The molecule has 0 radical (unpaired) electrons. The Hall–Kier alpha value is -2.04. The molecule has 1 unspecified atom stereocenters. The van der Waals surface area contributed by atoms with E-state index in [0.29, 0.717) is 24.2 Å². The van der Waals surface area contributed by atoms with Crippen molar-refractivity contribution in [2.45, 2.75) is 18.9 Å². The first-order chi connectivity index (χ1) is 8.11. The van der Waals surface area contributed by atoms with Gasteiger partial charge in [0.1, 0.15) is 11.8 Å². The number of carbonyl (C=O) groups excluding carboxylic acids is 1. The number of hydrogen-bond acceptors (Lipinski definition) is 3. The summed E-state index contributed by atoms with van der Waals surface area (Å²) in [5.41, 5.74) is 1.35. The summed E-state index contributed by atoms with van der Waals surface area (Å²) in [5.74, 6) is -0.670. The highest BCUT2D eigenvalue weighted by molar-refractivity contribution is 5.98. The van der Waals surface area contributed by atoms with Gasteiger partial charge in [-0.25, -0.2) is 4.79 Å². The highest BCUT2D eigenvalue weighted by Crippen LogP contribution is 2.22. The fraction of sp³-hybridized carbons (Fsp3) is 0.333. The molecule has 5 heteroatoms. The monoisotopic (exact) mass is 235 g/mol. The van der Waals surface area contributed by atoms with E-state index in [0.717, 1.165) is 5.56 Å². The summed E-state index contributed by atoms with van der Waals surface area (Å²) in [6.07, 6.45) is 0.934. The number of aliphatic carboxylic acids is 1. The molecule has 0 fully saturated rings. The van der Waals surface area contributed by atoms with Gasteiger partial charge in [-0.3, -0.25) is 4.79 Å². The molecule has 1 heterocycles. The van der Waals surface area contributed by atoms with Gasteiger partial charge in [-0.1, -0.05) is 0 Å². The lowest BCUT2D eigenvalue weighted by atomic mass is 10.0. The van der Waals surface area contributed by atoms with E-state index in [1.807, 2.05) is 0 Å².